The first kappa shape index (κ1) is 30.2. The number of benzene rings is 5. The molecule has 9 rings (SSSR count). The Kier molecular flexibility index (Phi) is 6.60. The van der Waals surface area contributed by atoms with Crippen LogP contribution < -0.4 is 0 Å². The van der Waals surface area contributed by atoms with Crippen LogP contribution in [0, 0.1) is 48.5 Å². The van der Waals surface area contributed by atoms with E-state index in [1.165, 1.54) is 12.1 Å². The van der Waals surface area contributed by atoms with Crippen molar-refractivity contribution in [2.24, 2.45) is 0 Å². The molecule has 2 heterocycles. The lowest BCUT2D eigenvalue weighted by atomic mass is 9.94. The highest BCUT2D eigenvalue weighted by Crippen LogP contribution is 2.51. The van der Waals surface area contributed by atoms with Gasteiger partial charge >= 0.3 is 0 Å². The molecule has 5 aromatic carbocycles. The van der Waals surface area contributed by atoms with E-state index in [-0.39, 0.29) is 17.0 Å². The topological polar surface area (TPSA) is 108 Å². The molecule has 0 atom stereocenters. The second-order valence-electron chi connectivity index (χ2n) is 12.4. The fourth-order valence-electron chi connectivity index (χ4n) is 7.28. The van der Waals surface area contributed by atoms with E-state index in [9.17, 15) is 14.9 Å². The molecule has 7 aromatic rings. The first-order chi connectivity index (χ1) is 25.4. The van der Waals surface area contributed by atoms with E-state index in [4.69, 9.17) is 33.1 Å². The van der Waals surface area contributed by atoms with E-state index in [1.54, 1.807) is 6.07 Å². The van der Waals surface area contributed by atoms with Gasteiger partial charge in [-0.15, -0.1) is 0 Å². The minimum atomic E-state index is -0.519. The Bertz CT molecular complexity index is 2770. The second-order valence-corrected chi connectivity index (χ2v) is 12.4. The van der Waals surface area contributed by atoms with Crippen LogP contribution in [0.4, 0.5) is 4.39 Å². The van der Waals surface area contributed by atoms with E-state index in [2.05, 4.69) is 15.8 Å². The molecule has 2 aromatic heterocycles. The zero-order valence-electron chi connectivity index (χ0n) is 27.2. The molecule has 0 radical (unpaired) electrons. The molecule has 0 saturated carbocycles. The number of hydrogen-bond acceptors (Lipinski definition) is 6. The average molecular weight is 667 g/mol. The summed E-state index contributed by atoms with van der Waals surface area (Å²) in [5.74, 6) is -0.519. The van der Waals surface area contributed by atoms with Crippen molar-refractivity contribution in [1.82, 2.24) is 19.9 Å². The van der Waals surface area contributed by atoms with Gasteiger partial charge in [-0.1, -0.05) is 84.4 Å². The normalized spacial score (nSPS) is 14.0. The lowest BCUT2D eigenvalue weighted by Gasteiger charge is -2.17. The molecule has 2 aliphatic carbocycles. The molecule has 9 heteroatoms. The van der Waals surface area contributed by atoms with Crippen LogP contribution in [0.5, 0.6) is 0 Å². The molecule has 2 aliphatic rings. The number of nitrogens with zero attached hydrogens (tertiary/aromatic N) is 8. The Labute approximate surface area is 296 Å². The quantitative estimate of drug-likeness (QED) is 0.103. The summed E-state index contributed by atoms with van der Waals surface area (Å²) in [4.78, 5) is 28.2. The van der Waals surface area contributed by atoms with Crippen molar-refractivity contribution in [3.63, 3.8) is 0 Å². The smallest absolute Gasteiger partial charge is 0.244 e. The summed E-state index contributed by atoms with van der Waals surface area (Å²) in [7, 11) is 0. The van der Waals surface area contributed by atoms with Gasteiger partial charge in [-0.3, -0.25) is 0 Å². The van der Waals surface area contributed by atoms with Crippen LogP contribution in [-0.2, 0) is 0 Å². The van der Waals surface area contributed by atoms with Crippen LogP contribution in [0.15, 0.2) is 108 Å². The number of nitriles is 2. The summed E-state index contributed by atoms with van der Waals surface area (Å²) in [6, 6.07) is 33.3. The van der Waals surface area contributed by atoms with E-state index in [0.717, 1.165) is 22.3 Å². The van der Waals surface area contributed by atoms with Gasteiger partial charge in [0.1, 0.15) is 27.9 Å². The third-order valence-corrected chi connectivity index (χ3v) is 9.45. The van der Waals surface area contributed by atoms with Gasteiger partial charge in [0.25, 0.3) is 11.4 Å². The third kappa shape index (κ3) is 4.21. The monoisotopic (exact) mass is 666 g/mol. The third-order valence-electron chi connectivity index (χ3n) is 9.45. The fraction of sp³-hybridized carbons (Fsp3) is 0.0233. The molecule has 0 bridgehead atoms. The van der Waals surface area contributed by atoms with Crippen molar-refractivity contribution in [1.29, 1.82) is 10.5 Å². The summed E-state index contributed by atoms with van der Waals surface area (Å²) < 4.78 is 14.8. The Morgan fingerprint density at radius 2 is 0.981 bits per heavy atom. The van der Waals surface area contributed by atoms with Crippen LogP contribution in [0.3, 0.4) is 0 Å². The number of fused-ring (bicyclic) bond motifs is 8. The molecule has 0 amide bonds. The van der Waals surface area contributed by atoms with Crippen molar-refractivity contribution < 1.29 is 4.39 Å². The Hall–Kier alpha value is -7.85. The van der Waals surface area contributed by atoms with Crippen LogP contribution >= 0.6 is 0 Å². The highest BCUT2D eigenvalue weighted by molar-refractivity contribution is 6.19. The Balaban J connectivity index is 1.54. The van der Waals surface area contributed by atoms with Gasteiger partial charge in [0.05, 0.1) is 48.1 Å². The van der Waals surface area contributed by atoms with Gasteiger partial charge in [-0.2, -0.15) is 0 Å². The largest absolute Gasteiger partial charge is 0.271 e. The van der Waals surface area contributed by atoms with Crippen LogP contribution in [0.2, 0.25) is 0 Å². The maximum atomic E-state index is 14.8. The maximum Gasteiger partial charge on any atom is 0.271 e. The van der Waals surface area contributed by atoms with E-state index in [1.807, 2.05) is 91.9 Å². The molecule has 0 unspecified atom stereocenters. The minimum Gasteiger partial charge on any atom is -0.244 e. The van der Waals surface area contributed by atoms with E-state index in [0.29, 0.717) is 78.2 Å². The van der Waals surface area contributed by atoms with Gasteiger partial charge in [-0.25, -0.2) is 44.5 Å². The number of rotatable bonds is 2. The summed E-state index contributed by atoms with van der Waals surface area (Å²) >= 11 is 0. The molecular formula is C43H19FN8. The fourth-order valence-corrected chi connectivity index (χ4v) is 7.28. The van der Waals surface area contributed by atoms with E-state index >= 15 is 0 Å². The summed E-state index contributed by atoms with van der Waals surface area (Å²) in [6.07, 6.45) is 0. The van der Waals surface area contributed by atoms with Gasteiger partial charge < -0.3 is 0 Å². The number of halogens is 1. The predicted molar refractivity (Wildman–Crippen MR) is 196 cm³/mol. The number of allylic oxidation sites excluding steroid dienone is 2. The molecule has 52 heavy (non-hydrogen) atoms. The summed E-state index contributed by atoms with van der Waals surface area (Å²) in [5.41, 5.74) is 10.0. The van der Waals surface area contributed by atoms with Crippen LogP contribution in [-0.4, -0.2) is 19.9 Å². The summed E-state index contributed by atoms with van der Waals surface area (Å²) in [5, 5.41) is 20.2. The van der Waals surface area contributed by atoms with Gasteiger partial charge in [0.2, 0.25) is 0 Å². The van der Waals surface area contributed by atoms with Gasteiger partial charge in [0, 0.05) is 33.4 Å². The standard InChI is InChI=1S/C43H19FN8/c1-22-14-16-26-28(18-22)34(30(20-45)47-2)42-36(26)49-38-32(23-10-6-4-7-11-23)41-39(33(40(38)51-42)24-12-8-5-9-13-24)50-37-27-17-15-25(44)19-29(27)35(43(37)52-41)31(21-46)48-3/h4-19H,1H3/b34-30-,35-31+. The second kappa shape index (κ2) is 11.4. The zero-order chi connectivity index (χ0) is 35.7. The zero-order valence-corrected chi connectivity index (χ0v) is 27.2. The first-order valence-corrected chi connectivity index (χ1v) is 16.1. The Morgan fingerprint density at radius 1 is 0.558 bits per heavy atom. The molecule has 238 valence electrons. The average Bonchev–Trinajstić information content (AvgIpc) is 3.64. The molecular weight excluding hydrogens is 648 g/mol. The van der Waals surface area contributed by atoms with Crippen molar-refractivity contribution in [2.45, 2.75) is 6.92 Å². The first-order valence-electron chi connectivity index (χ1n) is 16.1. The molecule has 8 nitrogen and oxygen atoms in total. The van der Waals surface area contributed by atoms with Crippen molar-refractivity contribution >= 4 is 33.2 Å². The summed E-state index contributed by atoms with van der Waals surface area (Å²) in [6.45, 7) is 17.7. The molecule has 0 fully saturated rings. The van der Waals surface area contributed by atoms with Crippen LogP contribution in [0.25, 0.3) is 87.7 Å². The van der Waals surface area contributed by atoms with Gasteiger partial charge in [0.15, 0.2) is 0 Å². The SMILES string of the molecule is [C-]#[N+]/C(C#N)=C1/c2cc(C)ccc2-c2nc3c(-c4ccccc4)c4nc5c(nc4c(-c4ccccc4)c3nc21)-c1ccc(F)cc1/C5=C(/C#N)[N+]#[C-]. The molecule has 0 aliphatic heterocycles. The van der Waals surface area contributed by atoms with E-state index < -0.39 is 5.82 Å². The Morgan fingerprint density at radius 3 is 1.42 bits per heavy atom. The minimum absolute atomic E-state index is 0.0848. The van der Waals surface area contributed by atoms with Crippen LogP contribution in [0.1, 0.15) is 28.1 Å². The number of aryl methyl sites for hydroxylation is 1. The highest BCUT2D eigenvalue weighted by Gasteiger charge is 2.35. The van der Waals surface area contributed by atoms with Crippen molar-refractivity contribution in [2.75, 3.05) is 0 Å². The van der Waals surface area contributed by atoms with Crippen molar-refractivity contribution in [3.05, 3.63) is 165 Å². The lowest BCUT2D eigenvalue weighted by molar-refractivity contribution is 0.627. The lowest BCUT2D eigenvalue weighted by Crippen LogP contribution is -2.03. The number of hydrogen-bond donors (Lipinski definition) is 0. The molecule has 0 spiro atoms. The maximum absolute atomic E-state index is 14.8. The molecule has 0 N–H and O–H groups in total. The van der Waals surface area contributed by atoms with Gasteiger partial charge in [-0.05, 0) is 47.4 Å². The van der Waals surface area contributed by atoms with Crippen molar-refractivity contribution in [3.8, 4) is 56.9 Å². The highest BCUT2D eigenvalue weighted by atomic mass is 19.1. The predicted octanol–water partition coefficient (Wildman–Crippen LogP) is 9.72. The molecule has 0 saturated heterocycles. The number of aromatic nitrogens is 4.